The number of thiophene rings is 1. The zero-order chi connectivity index (χ0) is 14.0. The molecule has 0 unspecified atom stereocenters. The van der Waals surface area contributed by atoms with Crippen LogP contribution in [0.1, 0.15) is 28.1 Å². The van der Waals surface area contributed by atoms with Crippen molar-refractivity contribution in [1.82, 2.24) is 9.62 Å². The Hall–Kier alpha value is -0.920. The number of sulfonamides is 1. The van der Waals surface area contributed by atoms with Crippen LogP contribution < -0.4 is 4.72 Å². The first-order chi connectivity index (χ1) is 8.94. The highest BCUT2D eigenvalue weighted by Crippen LogP contribution is 2.25. The fourth-order valence-corrected chi connectivity index (χ4v) is 4.24. The number of likely N-dealkylation sites (tertiary alicyclic amines) is 1. The third-order valence-electron chi connectivity index (χ3n) is 3.42. The van der Waals surface area contributed by atoms with Crippen molar-refractivity contribution >= 4 is 27.3 Å². The van der Waals surface area contributed by atoms with E-state index < -0.39 is 10.0 Å². The molecule has 2 rings (SSSR count). The molecule has 1 saturated heterocycles. The van der Waals surface area contributed by atoms with Crippen LogP contribution in [0.4, 0.5) is 0 Å². The molecule has 1 atom stereocenters. The van der Waals surface area contributed by atoms with Gasteiger partial charge in [-0.1, -0.05) is 0 Å². The lowest BCUT2D eigenvalue weighted by molar-refractivity contribution is 0.0753. The number of carbonyl (C=O) groups is 1. The number of rotatable bonds is 4. The van der Waals surface area contributed by atoms with Gasteiger partial charge in [0.1, 0.15) is 0 Å². The minimum atomic E-state index is -3.29. The maximum absolute atomic E-state index is 12.4. The molecule has 19 heavy (non-hydrogen) atoms. The third-order valence-corrected chi connectivity index (χ3v) is 5.87. The fraction of sp³-hybridized carbons (Fsp3) is 0.583. The summed E-state index contributed by atoms with van der Waals surface area (Å²) in [4.78, 5) is 14.9. The molecule has 1 aliphatic heterocycles. The minimum Gasteiger partial charge on any atom is -0.334 e. The van der Waals surface area contributed by atoms with Gasteiger partial charge in [0.15, 0.2) is 0 Å². The Morgan fingerprint density at radius 1 is 1.58 bits per heavy atom. The topological polar surface area (TPSA) is 66.5 Å². The van der Waals surface area contributed by atoms with Gasteiger partial charge in [0, 0.05) is 12.6 Å². The smallest absolute Gasteiger partial charge is 0.264 e. The Morgan fingerprint density at radius 2 is 2.32 bits per heavy atom. The lowest BCUT2D eigenvalue weighted by atomic mass is 10.2. The van der Waals surface area contributed by atoms with E-state index in [4.69, 9.17) is 0 Å². The maximum Gasteiger partial charge on any atom is 0.264 e. The van der Waals surface area contributed by atoms with E-state index in [2.05, 4.69) is 4.72 Å². The van der Waals surface area contributed by atoms with Gasteiger partial charge in [0.2, 0.25) is 10.0 Å². The average molecular weight is 302 g/mol. The summed E-state index contributed by atoms with van der Waals surface area (Å²) in [6.07, 6.45) is 1.61. The molecule has 5 nitrogen and oxygen atoms in total. The molecule has 106 valence electrons. The molecule has 0 radical (unpaired) electrons. The third kappa shape index (κ3) is 3.16. The minimum absolute atomic E-state index is 0.0142. The molecule has 0 aromatic carbocycles. The van der Waals surface area contributed by atoms with Crippen LogP contribution in [0.5, 0.6) is 0 Å². The summed E-state index contributed by atoms with van der Waals surface area (Å²) in [5.41, 5.74) is 0.956. The maximum atomic E-state index is 12.4. The van der Waals surface area contributed by atoms with Crippen LogP contribution in [-0.4, -0.2) is 44.6 Å². The van der Waals surface area contributed by atoms with E-state index in [0.29, 0.717) is 11.4 Å². The predicted octanol–water partition coefficient (Wildman–Crippen LogP) is 1.21. The van der Waals surface area contributed by atoms with Gasteiger partial charge in [0.25, 0.3) is 5.91 Å². The van der Waals surface area contributed by atoms with Crippen LogP contribution >= 0.6 is 11.3 Å². The van der Waals surface area contributed by atoms with Crippen LogP contribution in [0.15, 0.2) is 11.4 Å². The number of carbonyl (C=O) groups excluding carboxylic acids is 1. The van der Waals surface area contributed by atoms with Gasteiger partial charge in [-0.2, -0.15) is 0 Å². The second kappa shape index (κ2) is 5.60. The Balaban J connectivity index is 2.15. The summed E-state index contributed by atoms with van der Waals surface area (Å²) in [5, 5.41) is 1.89. The summed E-state index contributed by atoms with van der Waals surface area (Å²) in [5.74, 6) is -0.0547. The Kier molecular flexibility index (Phi) is 4.27. The summed E-state index contributed by atoms with van der Waals surface area (Å²) >= 11 is 1.41. The van der Waals surface area contributed by atoms with Gasteiger partial charge < -0.3 is 4.90 Å². The van der Waals surface area contributed by atoms with Gasteiger partial charge in [-0.3, -0.25) is 4.79 Å². The number of hydrogen-bond donors (Lipinski definition) is 1. The number of amides is 1. The van der Waals surface area contributed by atoms with Gasteiger partial charge in [-0.15, -0.1) is 11.3 Å². The molecular formula is C12H18N2O3S2. The van der Waals surface area contributed by atoms with Crippen LogP contribution in [-0.2, 0) is 10.0 Å². The summed E-state index contributed by atoms with van der Waals surface area (Å²) in [6.45, 7) is 2.54. The fourth-order valence-electron chi connectivity index (χ4n) is 2.34. The van der Waals surface area contributed by atoms with E-state index in [1.807, 2.05) is 18.4 Å². The van der Waals surface area contributed by atoms with Gasteiger partial charge >= 0.3 is 0 Å². The summed E-state index contributed by atoms with van der Waals surface area (Å²) < 4.78 is 25.6. The molecule has 7 heteroatoms. The highest BCUT2D eigenvalue weighted by atomic mass is 32.2. The average Bonchev–Trinajstić information content (AvgIpc) is 2.97. The summed E-state index contributed by atoms with van der Waals surface area (Å²) in [6, 6.07) is 1.69. The van der Waals surface area contributed by atoms with E-state index in [0.717, 1.165) is 18.4 Å². The van der Waals surface area contributed by atoms with Crippen molar-refractivity contribution < 1.29 is 13.2 Å². The van der Waals surface area contributed by atoms with Crippen molar-refractivity contribution in [2.45, 2.75) is 25.8 Å². The molecule has 1 aromatic rings. The monoisotopic (exact) mass is 302 g/mol. The van der Waals surface area contributed by atoms with Crippen molar-refractivity contribution in [2.24, 2.45) is 0 Å². The van der Waals surface area contributed by atoms with E-state index in [1.54, 1.807) is 4.90 Å². The summed E-state index contributed by atoms with van der Waals surface area (Å²) in [7, 11) is -1.89. The highest BCUT2D eigenvalue weighted by molar-refractivity contribution is 7.89. The Morgan fingerprint density at radius 3 is 2.89 bits per heavy atom. The molecular weight excluding hydrogens is 284 g/mol. The molecule has 1 amide bonds. The molecule has 0 spiro atoms. The number of hydrogen-bond acceptors (Lipinski definition) is 4. The first kappa shape index (κ1) is 14.5. The molecule has 2 heterocycles. The van der Waals surface area contributed by atoms with Gasteiger partial charge in [-0.05, 0) is 43.8 Å². The normalized spacial score (nSPS) is 19.9. The van der Waals surface area contributed by atoms with Crippen molar-refractivity contribution in [3.8, 4) is 0 Å². The predicted molar refractivity (Wildman–Crippen MR) is 76.0 cm³/mol. The number of nitrogens with zero attached hydrogens (tertiary/aromatic N) is 1. The molecule has 0 saturated carbocycles. The second-order valence-electron chi connectivity index (χ2n) is 4.71. The molecule has 0 aliphatic carbocycles. The quantitative estimate of drug-likeness (QED) is 0.909. The lowest BCUT2D eigenvalue weighted by Crippen LogP contribution is -2.41. The zero-order valence-corrected chi connectivity index (χ0v) is 12.7. The highest BCUT2D eigenvalue weighted by Gasteiger charge is 2.33. The first-order valence-electron chi connectivity index (χ1n) is 6.21. The van der Waals surface area contributed by atoms with Gasteiger partial charge in [-0.25, -0.2) is 13.1 Å². The van der Waals surface area contributed by atoms with Crippen molar-refractivity contribution in [2.75, 3.05) is 19.3 Å². The Labute approximate surface area is 117 Å². The molecule has 0 bridgehead atoms. The SMILES string of the molecule is CNS(=O)(=O)C[C@H]1CCCN1C(=O)c1sccc1C. The second-order valence-corrected chi connectivity index (χ2v) is 7.60. The molecule has 1 fully saturated rings. The van der Waals surface area contributed by atoms with E-state index in [9.17, 15) is 13.2 Å². The standard InChI is InChI=1S/C12H18N2O3S2/c1-9-5-7-18-11(9)12(15)14-6-3-4-10(14)8-19(16,17)13-2/h5,7,10,13H,3-4,6,8H2,1-2H3/t10-/m1/s1. The largest absolute Gasteiger partial charge is 0.334 e. The van der Waals surface area contributed by atoms with Crippen LogP contribution in [0.3, 0.4) is 0 Å². The van der Waals surface area contributed by atoms with Crippen molar-refractivity contribution in [3.05, 3.63) is 21.9 Å². The van der Waals surface area contributed by atoms with Crippen LogP contribution in [0.25, 0.3) is 0 Å². The van der Waals surface area contributed by atoms with Crippen LogP contribution in [0.2, 0.25) is 0 Å². The number of aryl methyl sites for hydroxylation is 1. The molecule has 1 aliphatic rings. The molecule has 1 N–H and O–H groups in total. The van der Waals surface area contributed by atoms with E-state index in [-0.39, 0.29) is 17.7 Å². The van der Waals surface area contributed by atoms with Crippen molar-refractivity contribution in [1.29, 1.82) is 0 Å². The first-order valence-corrected chi connectivity index (χ1v) is 8.74. The lowest BCUT2D eigenvalue weighted by Gasteiger charge is -2.24. The van der Waals surface area contributed by atoms with Crippen LogP contribution in [0, 0.1) is 6.92 Å². The Bertz CT molecular complexity index is 565. The zero-order valence-electron chi connectivity index (χ0n) is 11.0. The number of nitrogens with one attached hydrogen (secondary N) is 1. The van der Waals surface area contributed by atoms with Crippen molar-refractivity contribution in [3.63, 3.8) is 0 Å². The van der Waals surface area contributed by atoms with E-state index >= 15 is 0 Å². The van der Waals surface area contributed by atoms with Gasteiger partial charge in [0.05, 0.1) is 10.6 Å². The van der Waals surface area contributed by atoms with E-state index in [1.165, 1.54) is 18.4 Å². The molecule has 1 aromatic heterocycles.